The number of rotatable bonds is 5. The SMILES string of the molecule is Cn1nc2c(c1C(=O)NCCc1ccc(C(=O)NO)cc1)CCCC2. The van der Waals surface area contributed by atoms with Crippen LogP contribution in [0.25, 0.3) is 0 Å². The van der Waals surface area contributed by atoms with Crippen LogP contribution in [0.3, 0.4) is 0 Å². The van der Waals surface area contributed by atoms with Crippen LogP contribution in [0.15, 0.2) is 24.3 Å². The van der Waals surface area contributed by atoms with Crippen LogP contribution in [0.2, 0.25) is 0 Å². The second-order valence-electron chi connectivity index (χ2n) is 6.25. The zero-order valence-corrected chi connectivity index (χ0v) is 14.2. The molecule has 1 aromatic carbocycles. The summed E-state index contributed by atoms with van der Waals surface area (Å²) in [7, 11) is 1.82. The largest absolute Gasteiger partial charge is 0.350 e. The molecule has 0 saturated carbocycles. The van der Waals surface area contributed by atoms with Gasteiger partial charge in [0.1, 0.15) is 5.69 Å². The van der Waals surface area contributed by atoms with Crippen LogP contribution in [0.1, 0.15) is 50.5 Å². The van der Waals surface area contributed by atoms with Gasteiger partial charge in [-0.1, -0.05) is 12.1 Å². The highest BCUT2D eigenvalue weighted by Gasteiger charge is 2.23. The van der Waals surface area contributed by atoms with Gasteiger partial charge in [-0.25, -0.2) is 5.48 Å². The molecule has 25 heavy (non-hydrogen) atoms. The predicted molar refractivity (Wildman–Crippen MR) is 91.6 cm³/mol. The summed E-state index contributed by atoms with van der Waals surface area (Å²) < 4.78 is 1.69. The molecule has 0 spiro atoms. The van der Waals surface area contributed by atoms with E-state index in [0.717, 1.165) is 42.5 Å². The summed E-state index contributed by atoms with van der Waals surface area (Å²) in [6, 6.07) is 6.89. The summed E-state index contributed by atoms with van der Waals surface area (Å²) in [6.45, 7) is 0.504. The molecule has 3 N–H and O–H groups in total. The number of benzene rings is 1. The molecule has 0 fully saturated rings. The maximum absolute atomic E-state index is 12.5. The quantitative estimate of drug-likeness (QED) is 0.565. The number of carbonyl (C=O) groups is 2. The molecule has 1 aliphatic rings. The first kappa shape index (κ1) is 17.2. The molecule has 0 atom stereocenters. The molecule has 1 aliphatic carbocycles. The number of carbonyl (C=O) groups excluding carboxylic acids is 2. The van der Waals surface area contributed by atoms with E-state index in [4.69, 9.17) is 5.21 Å². The zero-order valence-electron chi connectivity index (χ0n) is 14.2. The molecule has 2 aromatic rings. The lowest BCUT2D eigenvalue weighted by Gasteiger charge is -2.11. The Bertz CT molecular complexity index is 780. The topological polar surface area (TPSA) is 96.2 Å². The Morgan fingerprint density at radius 3 is 2.60 bits per heavy atom. The highest BCUT2D eigenvalue weighted by Crippen LogP contribution is 2.23. The van der Waals surface area contributed by atoms with Gasteiger partial charge in [0.15, 0.2) is 0 Å². The van der Waals surface area contributed by atoms with Gasteiger partial charge in [0.05, 0.1) is 5.69 Å². The number of nitrogens with one attached hydrogen (secondary N) is 2. The molecule has 2 amide bonds. The Hall–Kier alpha value is -2.67. The van der Waals surface area contributed by atoms with E-state index in [1.54, 1.807) is 22.3 Å². The van der Waals surface area contributed by atoms with E-state index in [1.165, 1.54) is 0 Å². The summed E-state index contributed by atoms with van der Waals surface area (Å²) in [4.78, 5) is 23.8. The number of aryl methyl sites for hydroxylation is 2. The molecule has 0 bridgehead atoms. The standard InChI is InChI=1S/C18H22N4O3/c1-22-16(14-4-2-3-5-15(14)20-22)18(24)19-11-10-12-6-8-13(9-7-12)17(23)21-25/h6-9,25H,2-5,10-11H2,1H3,(H,19,24)(H,21,23). The van der Waals surface area contributed by atoms with Crippen molar-refractivity contribution in [2.75, 3.05) is 6.54 Å². The highest BCUT2D eigenvalue weighted by molar-refractivity contribution is 5.94. The third kappa shape index (κ3) is 3.71. The van der Waals surface area contributed by atoms with Crippen molar-refractivity contribution >= 4 is 11.8 Å². The average molecular weight is 342 g/mol. The fraction of sp³-hybridized carbons (Fsp3) is 0.389. The fourth-order valence-corrected chi connectivity index (χ4v) is 3.26. The van der Waals surface area contributed by atoms with E-state index in [1.807, 2.05) is 19.2 Å². The van der Waals surface area contributed by atoms with Crippen LogP contribution >= 0.6 is 0 Å². The number of fused-ring (bicyclic) bond motifs is 1. The van der Waals surface area contributed by atoms with Gasteiger partial charge in [-0.2, -0.15) is 5.10 Å². The number of nitrogens with zero attached hydrogens (tertiary/aromatic N) is 2. The molecule has 0 radical (unpaired) electrons. The minimum Gasteiger partial charge on any atom is -0.350 e. The average Bonchev–Trinajstić information content (AvgIpc) is 2.97. The second kappa shape index (κ2) is 7.48. The van der Waals surface area contributed by atoms with E-state index < -0.39 is 5.91 Å². The molecular weight excluding hydrogens is 320 g/mol. The van der Waals surface area contributed by atoms with Crippen molar-refractivity contribution in [3.05, 3.63) is 52.3 Å². The highest BCUT2D eigenvalue weighted by atomic mass is 16.5. The molecule has 132 valence electrons. The van der Waals surface area contributed by atoms with Crippen LogP contribution in [0.4, 0.5) is 0 Å². The molecule has 0 aliphatic heterocycles. The van der Waals surface area contributed by atoms with Crippen molar-refractivity contribution in [3.63, 3.8) is 0 Å². The number of aromatic nitrogens is 2. The lowest BCUT2D eigenvalue weighted by atomic mass is 9.95. The van der Waals surface area contributed by atoms with E-state index >= 15 is 0 Å². The lowest BCUT2D eigenvalue weighted by Crippen LogP contribution is -2.28. The number of hydrogen-bond acceptors (Lipinski definition) is 4. The smallest absolute Gasteiger partial charge is 0.274 e. The van der Waals surface area contributed by atoms with Gasteiger partial charge in [-0.15, -0.1) is 0 Å². The van der Waals surface area contributed by atoms with E-state index in [0.29, 0.717) is 24.2 Å². The molecule has 0 saturated heterocycles. The van der Waals surface area contributed by atoms with Crippen LogP contribution in [-0.2, 0) is 26.3 Å². The van der Waals surface area contributed by atoms with Gasteiger partial charge >= 0.3 is 0 Å². The summed E-state index contributed by atoms with van der Waals surface area (Å²) in [5.41, 5.74) is 5.80. The van der Waals surface area contributed by atoms with Crippen LogP contribution < -0.4 is 10.8 Å². The molecule has 3 rings (SSSR count). The van der Waals surface area contributed by atoms with Crippen molar-refractivity contribution in [2.24, 2.45) is 7.05 Å². The molecule has 7 nitrogen and oxygen atoms in total. The number of amides is 2. The zero-order chi connectivity index (χ0) is 17.8. The monoisotopic (exact) mass is 342 g/mol. The Morgan fingerprint density at radius 1 is 1.16 bits per heavy atom. The fourth-order valence-electron chi connectivity index (χ4n) is 3.26. The van der Waals surface area contributed by atoms with Crippen molar-refractivity contribution in [1.29, 1.82) is 0 Å². The van der Waals surface area contributed by atoms with Gasteiger partial charge in [0.2, 0.25) is 0 Å². The third-order valence-electron chi connectivity index (χ3n) is 4.55. The van der Waals surface area contributed by atoms with Crippen molar-refractivity contribution in [1.82, 2.24) is 20.6 Å². The lowest BCUT2D eigenvalue weighted by molar-refractivity contribution is 0.0706. The maximum Gasteiger partial charge on any atom is 0.274 e. The molecular formula is C18H22N4O3. The van der Waals surface area contributed by atoms with Crippen LogP contribution in [0.5, 0.6) is 0 Å². The first-order chi connectivity index (χ1) is 12.1. The van der Waals surface area contributed by atoms with Gasteiger partial charge in [0, 0.05) is 24.7 Å². The predicted octanol–water partition coefficient (Wildman–Crippen LogP) is 1.39. The van der Waals surface area contributed by atoms with Crippen LogP contribution in [0, 0.1) is 0 Å². The minimum atomic E-state index is -0.541. The Kier molecular flexibility index (Phi) is 5.14. The summed E-state index contributed by atoms with van der Waals surface area (Å²) >= 11 is 0. The van der Waals surface area contributed by atoms with E-state index in [2.05, 4.69) is 10.4 Å². The minimum absolute atomic E-state index is 0.0885. The van der Waals surface area contributed by atoms with Gasteiger partial charge in [-0.05, 0) is 49.8 Å². The van der Waals surface area contributed by atoms with Crippen molar-refractivity contribution in [3.8, 4) is 0 Å². The number of hydroxylamine groups is 1. The van der Waals surface area contributed by atoms with Crippen LogP contribution in [-0.4, -0.2) is 33.3 Å². The number of hydrogen-bond donors (Lipinski definition) is 3. The molecule has 0 unspecified atom stereocenters. The summed E-state index contributed by atoms with van der Waals surface area (Å²) in [5.74, 6) is -0.629. The summed E-state index contributed by atoms with van der Waals surface area (Å²) in [5, 5.41) is 16.0. The van der Waals surface area contributed by atoms with Gasteiger partial charge < -0.3 is 5.32 Å². The Morgan fingerprint density at radius 2 is 1.88 bits per heavy atom. The first-order valence-corrected chi connectivity index (χ1v) is 8.46. The first-order valence-electron chi connectivity index (χ1n) is 8.46. The van der Waals surface area contributed by atoms with Gasteiger partial charge in [-0.3, -0.25) is 19.5 Å². The second-order valence-corrected chi connectivity index (χ2v) is 6.25. The summed E-state index contributed by atoms with van der Waals surface area (Å²) in [6.07, 6.45) is 4.76. The Labute approximate surface area is 146 Å². The van der Waals surface area contributed by atoms with Crippen molar-refractivity contribution in [2.45, 2.75) is 32.1 Å². The maximum atomic E-state index is 12.5. The molecule has 1 heterocycles. The van der Waals surface area contributed by atoms with Crippen molar-refractivity contribution < 1.29 is 14.8 Å². The normalized spacial score (nSPS) is 13.2. The third-order valence-corrected chi connectivity index (χ3v) is 4.55. The molecule has 1 aromatic heterocycles. The molecule has 7 heteroatoms. The van der Waals surface area contributed by atoms with E-state index in [-0.39, 0.29) is 5.91 Å². The van der Waals surface area contributed by atoms with E-state index in [9.17, 15) is 9.59 Å². The van der Waals surface area contributed by atoms with Gasteiger partial charge in [0.25, 0.3) is 11.8 Å². The Balaban J connectivity index is 1.58.